The number of amides is 2. The number of anilines is 2. The van der Waals surface area contributed by atoms with Crippen LogP contribution in [-0.2, 0) is 9.59 Å². The maximum Gasteiger partial charge on any atom is 0.233 e. The Balaban J connectivity index is 1.98. The minimum atomic E-state index is -0.318. The van der Waals surface area contributed by atoms with Crippen LogP contribution in [0.3, 0.4) is 0 Å². The molecule has 0 atom stereocenters. The predicted octanol–water partition coefficient (Wildman–Crippen LogP) is 4.39. The molecule has 0 aromatic heterocycles. The number of aryl methyl sites for hydroxylation is 2. The summed E-state index contributed by atoms with van der Waals surface area (Å²) in [6.45, 7) is 8.06. The number of carbonyl (C=O) groups excluding carboxylic acids is 2. The lowest BCUT2D eigenvalue weighted by Crippen LogP contribution is -2.22. The zero-order valence-corrected chi connectivity index (χ0v) is 14.6. The molecule has 0 unspecified atom stereocenters. The lowest BCUT2D eigenvalue weighted by molar-refractivity contribution is -0.123. The van der Waals surface area contributed by atoms with Crippen LogP contribution in [0.4, 0.5) is 11.4 Å². The first-order chi connectivity index (χ1) is 11.4. The Morgan fingerprint density at radius 2 is 1.54 bits per heavy atom. The molecular weight excluding hydrogens is 300 g/mol. The summed E-state index contributed by atoms with van der Waals surface area (Å²) in [4.78, 5) is 24.3. The standard InChI is InChI=1S/C20H24N2O2/c1-13(2)16-7-5-6-8-18(16)22-20(24)12-19(23)21-17-10-9-14(3)11-15(17)4/h5-11,13H,12H2,1-4H3,(H,21,23)(H,22,24). The number of hydrogen-bond donors (Lipinski definition) is 2. The van der Waals surface area contributed by atoms with Crippen LogP contribution in [0.2, 0.25) is 0 Å². The van der Waals surface area contributed by atoms with Crippen LogP contribution in [0, 0.1) is 13.8 Å². The van der Waals surface area contributed by atoms with Crippen LogP contribution in [0.5, 0.6) is 0 Å². The van der Waals surface area contributed by atoms with Crippen molar-refractivity contribution in [3.8, 4) is 0 Å². The fraction of sp³-hybridized carbons (Fsp3) is 0.300. The Morgan fingerprint density at radius 3 is 2.17 bits per heavy atom. The highest BCUT2D eigenvalue weighted by molar-refractivity contribution is 6.08. The molecule has 2 aromatic carbocycles. The van der Waals surface area contributed by atoms with E-state index >= 15 is 0 Å². The van der Waals surface area contributed by atoms with Gasteiger partial charge in [-0.25, -0.2) is 0 Å². The van der Waals surface area contributed by atoms with E-state index < -0.39 is 0 Å². The normalized spacial score (nSPS) is 10.5. The van der Waals surface area contributed by atoms with Crippen molar-refractivity contribution in [2.45, 2.75) is 40.0 Å². The second-order valence-electron chi connectivity index (χ2n) is 6.33. The molecule has 0 fully saturated rings. The minimum absolute atomic E-state index is 0.209. The number of carbonyl (C=O) groups is 2. The molecule has 0 spiro atoms. The van der Waals surface area contributed by atoms with Gasteiger partial charge in [-0.1, -0.05) is 49.7 Å². The van der Waals surface area contributed by atoms with Crippen LogP contribution >= 0.6 is 0 Å². The molecule has 0 aliphatic heterocycles. The lowest BCUT2D eigenvalue weighted by Gasteiger charge is -2.14. The number of hydrogen-bond acceptors (Lipinski definition) is 2. The van der Waals surface area contributed by atoms with Crippen LogP contribution in [-0.4, -0.2) is 11.8 Å². The summed E-state index contributed by atoms with van der Waals surface area (Å²) in [6, 6.07) is 13.4. The van der Waals surface area contributed by atoms with Crippen LogP contribution in [0.25, 0.3) is 0 Å². The Morgan fingerprint density at radius 1 is 0.917 bits per heavy atom. The molecule has 2 aromatic rings. The molecule has 0 bridgehead atoms. The first-order valence-electron chi connectivity index (χ1n) is 8.12. The average Bonchev–Trinajstić information content (AvgIpc) is 2.50. The molecule has 126 valence electrons. The zero-order chi connectivity index (χ0) is 17.7. The fourth-order valence-corrected chi connectivity index (χ4v) is 2.60. The zero-order valence-electron chi connectivity index (χ0n) is 14.6. The van der Waals surface area contributed by atoms with Crippen molar-refractivity contribution in [3.05, 3.63) is 59.2 Å². The minimum Gasteiger partial charge on any atom is -0.325 e. The van der Waals surface area contributed by atoms with E-state index in [2.05, 4.69) is 24.5 Å². The second kappa shape index (κ2) is 7.77. The fourth-order valence-electron chi connectivity index (χ4n) is 2.60. The predicted molar refractivity (Wildman–Crippen MR) is 98.3 cm³/mol. The van der Waals surface area contributed by atoms with Gasteiger partial charge in [-0.2, -0.15) is 0 Å². The van der Waals surface area contributed by atoms with E-state index in [4.69, 9.17) is 0 Å². The molecule has 0 heterocycles. The maximum absolute atomic E-state index is 12.2. The summed E-state index contributed by atoms with van der Waals surface area (Å²) in [5.74, 6) is -0.336. The van der Waals surface area contributed by atoms with Crippen molar-refractivity contribution < 1.29 is 9.59 Å². The van der Waals surface area contributed by atoms with Crippen molar-refractivity contribution in [1.82, 2.24) is 0 Å². The van der Waals surface area contributed by atoms with E-state index in [0.29, 0.717) is 5.92 Å². The third-order valence-corrected chi connectivity index (χ3v) is 3.83. The van der Waals surface area contributed by atoms with Gasteiger partial charge in [0.15, 0.2) is 0 Å². The molecule has 0 aliphatic carbocycles. The number of para-hydroxylation sites is 1. The quantitative estimate of drug-likeness (QED) is 0.801. The molecule has 0 aliphatic rings. The summed E-state index contributed by atoms with van der Waals surface area (Å²) >= 11 is 0. The van der Waals surface area contributed by atoms with Gasteiger partial charge in [0, 0.05) is 11.4 Å². The molecule has 0 saturated heterocycles. The average molecular weight is 324 g/mol. The van der Waals surface area contributed by atoms with E-state index in [0.717, 1.165) is 28.1 Å². The van der Waals surface area contributed by atoms with E-state index in [-0.39, 0.29) is 18.2 Å². The van der Waals surface area contributed by atoms with Crippen LogP contribution in [0.15, 0.2) is 42.5 Å². The van der Waals surface area contributed by atoms with Gasteiger partial charge >= 0.3 is 0 Å². The van der Waals surface area contributed by atoms with Gasteiger partial charge in [0.25, 0.3) is 0 Å². The van der Waals surface area contributed by atoms with Crippen molar-refractivity contribution >= 4 is 23.2 Å². The number of nitrogens with one attached hydrogen (secondary N) is 2. The molecular formula is C20H24N2O2. The summed E-state index contributed by atoms with van der Waals surface area (Å²) in [5.41, 5.74) is 4.67. The Hall–Kier alpha value is -2.62. The third kappa shape index (κ3) is 4.69. The Labute approximate surface area is 143 Å². The number of rotatable bonds is 5. The number of benzene rings is 2. The monoisotopic (exact) mass is 324 g/mol. The van der Waals surface area contributed by atoms with E-state index in [9.17, 15) is 9.59 Å². The molecule has 4 heteroatoms. The Kier molecular flexibility index (Phi) is 5.74. The summed E-state index contributed by atoms with van der Waals surface area (Å²) < 4.78 is 0. The van der Waals surface area contributed by atoms with Crippen molar-refractivity contribution in [2.75, 3.05) is 10.6 Å². The smallest absolute Gasteiger partial charge is 0.233 e. The summed E-state index contributed by atoms with van der Waals surface area (Å²) in [7, 11) is 0. The van der Waals surface area contributed by atoms with Gasteiger partial charge in [0.1, 0.15) is 6.42 Å². The molecule has 0 saturated carbocycles. The lowest BCUT2D eigenvalue weighted by atomic mass is 10.0. The highest BCUT2D eigenvalue weighted by Gasteiger charge is 2.13. The molecule has 2 amide bonds. The topological polar surface area (TPSA) is 58.2 Å². The van der Waals surface area contributed by atoms with Crippen molar-refractivity contribution in [2.24, 2.45) is 0 Å². The molecule has 24 heavy (non-hydrogen) atoms. The first-order valence-corrected chi connectivity index (χ1v) is 8.12. The SMILES string of the molecule is Cc1ccc(NC(=O)CC(=O)Nc2ccccc2C(C)C)c(C)c1. The van der Waals surface area contributed by atoms with Gasteiger partial charge < -0.3 is 10.6 Å². The molecule has 0 radical (unpaired) electrons. The molecule has 2 rings (SSSR count). The van der Waals surface area contributed by atoms with Gasteiger partial charge in [-0.15, -0.1) is 0 Å². The highest BCUT2D eigenvalue weighted by Crippen LogP contribution is 2.23. The third-order valence-electron chi connectivity index (χ3n) is 3.83. The van der Waals surface area contributed by atoms with Gasteiger partial charge in [-0.05, 0) is 43.0 Å². The molecule has 4 nitrogen and oxygen atoms in total. The first kappa shape index (κ1) is 17.7. The largest absolute Gasteiger partial charge is 0.325 e. The maximum atomic E-state index is 12.2. The van der Waals surface area contributed by atoms with Gasteiger partial charge in [-0.3, -0.25) is 9.59 Å². The van der Waals surface area contributed by atoms with Crippen molar-refractivity contribution in [3.63, 3.8) is 0 Å². The van der Waals surface area contributed by atoms with Gasteiger partial charge in [0.2, 0.25) is 11.8 Å². The van der Waals surface area contributed by atoms with E-state index in [1.165, 1.54) is 0 Å². The Bertz CT molecular complexity index is 751. The highest BCUT2D eigenvalue weighted by atomic mass is 16.2. The van der Waals surface area contributed by atoms with E-state index in [1.54, 1.807) is 0 Å². The second-order valence-corrected chi connectivity index (χ2v) is 6.33. The van der Waals surface area contributed by atoms with Gasteiger partial charge in [0.05, 0.1) is 0 Å². The van der Waals surface area contributed by atoms with Crippen LogP contribution in [0.1, 0.15) is 42.9 Å². The van der Waals surface area contributed by atoms with Crippen molar-refractivity contribution in [1.29, 1.82) is 0 Å². The summed E-state index contributed by atoms with van der Waals surface area (Å²) in [5, 5.41) is 5.62. The molecule has 2 N–H and O–H groups in total. The van der Waals surface area contributed by atoms with E-state index in [1.807, 2.05) is 56.3 Å². The van der Waals surface area contributed by atoms with Crippen LogP contribution < -0.4 is 10.6 Å². The summed E-state index contributed by atoms with van der Waals surface area (Å²) in [6.07, 6.45) is -0.209.